The van der Waals surface area contributed by atoms with Crippen LogP contribution < -0.4 is 16.2 Å². The van der Waals surface area contributed by atoms with Crippen molar-refractivity contribution in [3.63, 3.8) is 0 Å². The Balaban J connectivity index is 1.87. The first kappa shape index (κ1) is 16.8. The van der Waals surface area contributed by atoms with Gasteiger partial charge in [0.1, 0.15) is 11.4 Å². The van der Waals surface area contributed by atoms with Crippen LogP contribution in [0.1, 0.15) is 5.69 Å². The highest BCUT2D eigenvalue weighted by atomic mass is 32.1. The first-order chi connectivity index (χ1) is 12.0. The number of hydrogen-bond acceptors (Lipinski definition) is 3. The molecule has 0 saturated heterocycles. The predicted octanol–water partition coefficient (Wildman–Crippen LogP) is 3.00. The van der Waals surface area contributed by atoms with Crippen LogP contribution >= 0.6 is 12.2 Å². The van der Waals surface area contributed by atoms with Crippen LogP contribution in [0.4, 0.5) is 11.4 Å². The number of phenols is 1. The molecule has 6 nitrogen and oxygen atoms in total. The topological polar surface area (TPSA) is 71.2 Å². The second-order valence-electron chi connectivity index (χ2n) is 5.56. The van der Waals surface area contributed by atoms with E-state index in [0.717, 1.165) is 11.4 Å². The number of hydrogen-bond donors (Lipinski definition) is 3. The summed E-state index contributed by atoms with van der Waals surface area (Å²) >= 11 is 5.30. The number of anilines is 2. The minimum Gasteiger partial charge on any atom is -0.508 e. The van der Waals surface area contributed by atoms with Crippen LogP contribution in [0.2, 0.25) is 0 Å². The van der Waals surface area contributed by atoms with Crippen molar-refractivity contribution in [3.8, 4) is 11.4 Å². The molecule has 0 bridgehead atoms. The fourth-order valence-electron chi connectivity index (χ4n) is 2.53. The molecule has 0 aliphatic rings. The molecule has 0 amide bonds. The van der Waals surface area contributed by atoms with E-state index < -0.39 is 0 Å². The number of nitrogens with zero attached hydrogens (tertiary/aromatic N) is 2. The lowest BCUT2D eigenvalue weighted by molar-refractivity contribution is 0.475. The van der Waals surface area contributed by atoms with Gasteiger partial charge in [0.25, 0.3) is 5.56 Å². The van der Waals surface area contributed by atoms with Gasteiger partial charge in [-0.3, -0.25) is 9.48 Å². The van der Waals surface area contributed by atoms with Crippen LogP contribution in [0.3, 0.4) is 0 Å². The Bertz CT molecular complexity index is 959. The van der Waals surface area contributed by atoms with E-state index >= 15 is 0 Å². The number of nitrogens with one attached hydrogen (secondary N) is 2. The lowest BCUT2D eigenvalue weighted by atomic mass is 10.3. The number of rotatable bonds is 3. The molecule has 128 valence electrons. The van der Waals surface area contributed by atoms with Gasteiger partial charge in [0.2, 0.25) is 0 Å². The van der Waals surface area contributed by atoms with Crippen LogP contribution in [-0.2, 0) is 7.05 Å². The number of phenolic OH excluding ortho intramolecular Hbond substituents is 1. The molecule has 0 radical (unpaired) electrons. The molecule has 2 aromatic carbocycles. The zero-order chi connectivity index (χ0) is 18.0. The smallest absolute Gasteiger partial charge is 0.295 e. The summed E-state index contributed by atoms with van der Waals surface area (Å²) in [7, 11) is 1.82. The summed E-state index contributed by atoms with van der Waals surface area (Å²) in [6.45, 7) is 1.85. The van der Waals surface area contributed by atoms with Crippen LogP contribution in [-0.4, -0.2) is 19.6 Å². The van der Waals surface area contributed by atoms with E-state index in [9.17, 15) is 9.90 Å². The van der Waals surface area contributed by atoms with E-state index in [0.29, 0.717) is 16.5 Å². The normalized spacial score (nSPS) is 10.5. The largest absolute Gasteiger partial charge is 0.508 e. The Labute approximate surface area is 150 Å². The summed E-state index contributed by atoms with van der Waals surface area (Å²) < 4.78 is 3.37. The first-order valence-corrected chi connectivity index (χ1v) is 8.09. The lowest BCUT2D eigenvalue weighted by Gasteiger charge is -2.09. The summed E-state index contributed by atoms with van der Waals surface area (Å²) in [6.07, 6.45) is 0. The SMILES string of the molecule is Cc1c(NC(=S)Nc2ccc(O)cc2)c(=O)n(-c2ccccc2)n1C. The van der Waals surface area contributed by atoms with Gasteiger partial charge < -0.3 is 15.7 Å². The van der Waals surface area contributed by atoms with Gasteiger partial charge in [0, 0.05) is 12.7 Å². The maximum atomic E-state index is 12.8. The summed E-state index contributed by atoms with van der Waals surface area (Å²) in [5.74, 6) is 0.175. The molecule has 3 aromatic rings. The lowest BCUT2D eigenvalue weighted by Crippen LogP contribution is -2.25. The highest BCUT2D eigenvalue weighted by Gasteiger charge is 2.16. The molecule has 0 aliphatic carbocycles. The second kappa shape index (κ2) is 6.82. The van der Waals surface area contributed by atoms with E-state index in [-0.39, 0.29) is 11.3 Å². The van der Waals surface area contributed by atoms with E-state index in [2.05, 4.69) is 10.6 Å². The van der Waals surface area contributed by atoms with Gasteiger partial charge in [-0.15, -0.1) is 0 Å². The van der Waals surface area contributed by atoms with E-state index in [1.807, 2.05) is 44.3 Å². The van der Waals surface area contributed by atoms with Crippen LogP contribution in [0.25, 0.3) is 5.69 Å². The Kier molecular flexibility index (Phi) is 4.58. The third-order valence-electron chi connectivity index (χ3n) is 3.92. The molecule has 0 saturated carbocycles. The standard InChI is InChI=1S/C18H18N4O2S/c1-12-16(20-18(25)19-13-8-10-15(23)11-9-13)17(24)22(21(12)2)14-6-4-3-5-7-14/h3-11,23H,1-2H3,(H2,19,20,25). The molecule has 7 heteroatoms. The number of aromatic hydroxyl groups is 1. The van der Waals surface area contributed by atoms with Crippen molar-refractivity contribution >= 4 is 28.7 Å². The van der Waals surface area contributed by atoms with Gasteiger partial charge >= 0.3 is 0 Å². The molecule has 0 unspecified atom stereocenters. The van der Waals surface area contributed by atoms with Crippen molar-refractivity contribution in [2.75, 3.05) is 10.6 Å². The number of thiocarbonyl (C=S) groups is 1. The van der Waals surface area contributed by atoms with Gasteiger partial charge in [-0.2, -0.15) is 0 Å². The monoisotopic (exact) mass is 354 g/mol. The summed E-state index contributed by atoms with van der Waals surface area (Å²) in [5.41, 5.74) is 2.50. The molecule has 25 heavy (non-hydrogen) atoms. The summed E-state index contributed by atoms with van der Waals surface area (Å²) in [5, 5.41) is 15.6. The first-order valence-electron chi connectivity index (χ1n) is 7.68. The quantitative estimate of drug-likeness (QED) is 0.498. The number of aromatic nitrogens is 2. The van der Waals surface area contributed by atoms with Crippen LogP contribution in [0, 0.1) is 6.92 Å². The van der Waals surface area contributed by atoms with E-state index in [4.69, 9.17) is 12.2 Å². The van der Waals surface area contributed by atoms with E-state index in [1.165, 1.54) is 0 Å². The van der Waals surface area contributed by atoms with Gasteiger partial charge in [-0.1, -0.05) is 18.2 Å². The number of benzene rings is 2. The zero-order valence-corrected chi connectivity index (χ0v) is 14.7. The maximum absolute atomic E-state index is 12.8. The molecule has 3 rings (SSSR count). The zero-order valence-electron chi connectivity index (χ0n) is 13.9. The molecular weight excluding hydrogens is 336 g/mol. The van der Waals surface area contributed by atoms with Crippen molar-refractivity contribution in [2.24, 2.45) is 7.05 Å². The molecule has 0 aliphatic heterocycles. The van der Waals surface area contributed by atoms with Gasteiger partial charge in [0.05, 0.1) is 11.4 Å². The minimum atomic E-state index is -0.180. The minimum absolute atomic E-state index is 0.175. The van der Waals surface area contributed by atoms with Gasteiger partial charge in [-0.25, -0.2) is 4.68 Å². The molecule has 0 spiro atoms. The molecular formula is C18H18N4O2S. The Morgan fingerprint density at radius 2 is 1.68 bits per heavy atom. The predicted molar refractivity (Wildman–Crippen MR) is 104 cm³/mol. The Morgan fingerprint density at radius 3 is 2.32 bits per heavy atom. The van der Waals surface area contributed by atoms with Gasteiger partial charge in [-0.05, 0) is 55.5 Å². The van der Waals surface area contributed by atoms with Gasteiger partial charge in [0.15, 0.2) is 5.11 Å². The van der Waals surface area contributed by atoms with Crippen molar-refractivity contribution in [3.05, 3.63) is 70.6 Å². The fraction of sp³-hybridized carbons (Fsp3) is 0.111. The van der Waals surface area contributed by atoms with E-state index in [1.54, 1.807) is 33.6 Å². The van der Waals surface area contributed by atoms with Crippen molar-refractivity contribution in [1.82, 2.24) is 9.36 Å². The highest BCUT2D eigenvalue weighted by molar-refractivity contribution is 7.80. The van der Waals surface area contributed by atoms with Crippen LogP contribution in [0.15, 0.2) is 59.4 Å². The van der Waals surface area contributed by atoms with Crippen molar-refractivity contribution in [1.29, 1.82) is 0 Å². The molecule has 3 N–H and O–H groups in total. The summed E-state index contributed by atoms with van der Waals surface area (Å²) in [4.78, 5) is 12.8. The molecule has 1 heterocycles. The second-order valence-corrected chi connectivity index (χ2v) is 5.97. The average molecular weight is 354 g/mol. The molecule has 1 aromatic heterocycles. The fourth-order valence-corrected chi connectivity index (χ4v) is 2.75. The average Bonchev–Trinajstić information content (AvgIpc) is 2.81. The molecule has 0 fully saturated rings. The highest BCUT2D eigenvalue weighted by Crippen LogP contribution is 2.16. The van der Waals surface area contributed by atoms with Crippen molar-refractivity contribution < 1.29 is 5.11 Å². The maximum Gasteiger partial charge on any atom is 0.295 e. The third-order valence-corrected chi connectivity index (χ3v) is 4.12. The third kappa shape index (κ3) is 3.41. The Morgan fingerprint density at radius 1 is 1.04 bits per heavy atom. The summed E-state index contributed by atoms with van der Waals surface area (Å²) in [6, 6.07) is 15.9. The van der Waals surface area contributed by atoms with Crippen molar-refractivity contribution in [2.45, 2.75) is 6.92 Å². The number of para-hydroxylation sites is 1. The molecule has 0 atom stereocenters. The Hall–Kier alpha value is -3.06. The van der Waals surface area contributed by atoms with Crippen LogP contribution in [0.5, 0.6) is 5.75 Å².